The number of hydrogen-bond acceptors (Lipinski definition) is 11. The van der Waals surface area contributed by atoms with E-state index in [4.69, 9.17) is 14.2 Å². The Hall–Kier alpha value is -3.95. The zero-order valence-electron chi connectivity index (χ0n) is 33.8. The van der Waals surface area contributed by atoms with E-state index >= 15 is 0 Å². The summed E-state index contributed by atoms with van der Waals surface area (Å²) in [6.45, 7) is 13.1. The van der Waals surface area contributed by atoms with Gasteiger partial charge in [-0.05, 0) is 38.3 Å². The van der Waals surface area contributed by atoms with Crippen molar-refractivity contribution in [2.45, 2.75) is 116 Å². The lowest BCUT2D eigenvalue weighted by atomic mass is 9.72. The molecule has 10 atom stereocenters. The van der Waals surface area contributed by atoms with Gasteiger partial charge in [0.05, 0.1) is 30.3 Å². The molecule has 56 heavy (non-hydrogen) atoms. The van der Waals surface area contributed by atoms with Crippen LogP contribution in [0, 0.1) is 17.3 Å². The summed E-state index contributed by atoms with van der Waals surface area (Å²) in [5.74, 6) is -4.94. The second kappa shape index (κ2) is 21.0. The first-order valence-electron chi connectivity index (χ1n) is 19.2. The predicted octanol–water partition coefficient (Wildman–Crippen LogP) is 3.73. The van der Waals surface area contributed by atoms with Crippen LogP contribution in [0.2, 0.25) is 0 Å². The Bertz CT molecular complexity index is 1620. The second-order valence-corrected chi connectivity index (χ2v) is 15.2. The van der Waals surface area contributed by atoms with Gasteiger partial charge in [-0.3, -0.25) is 14.4 Å². The maximum absolute atomic E-state index is 13.3. The minimum atomic E-state index is -1.86. The van der Waals surface area contributed by atoms with Crippen LogP contribution in [0.4, 0.5) is 0 Å². The Morgan fingerprint density at radius 3 is 2.38 bits per heavy atom. The SMILES string of the molecule is CC=CC=CC1OC(O)(C(CC)C(=O)NCC=CC=C(C)C(OC)C(C)C2OC(C=CC=CC=C(C)C(O)=C3C(=O)CCNC3=O)C(O)C2O)CC(O)C1(C)C. The third kappa shape index (κ3) is 11.3. The molecule has 13 heteroatoms. The number of ketones is 1. The summed E-state index contributed by atoms with van der Waals surface area (Å²) in [6, 6.07) is 0. The molecule has 13 nitrogen and oxygen atoms in total. The number of aliphatic hydroxyl groups is 5. The Labute approximate surface area is 330 Å². The van der Waals surface area contributed by atoms with Gasteiger partial charge < -0.3 is 50.4 Å². The van der Waals surface area contributed by atoms with Crippen LogP contribution in [-0.2, 0) is 28.6 Å². The summed E-state index contributed by atoms with van der Waals surface area (Å²) < 4.78 is 18.0. The average molecular weight is 783 g/mol. The summed E-state index contributed by atoms with van der Waals surface area (Å²) in [5, 5.41) is 59.9. The van der Waals surface area contributed by atoms with E-state index in [2.05, 4.69) is 10.6 Å². The molecule has 0 spiro atoms. The molecule has 3 fully saturated rings. The molecule has 3 heterocycles. The molecule has 310 valence electrons. The molecule has 2 amide bonds. The van der Waals surface area contributed by atoms with Crippen molar-refractivity contribution in [3.05, 3.63) is 95.4 Å². The fourth-order valence-corrected chi connectivity index (χ4v) is 7.21. The number of amides is 2. The van der Waals surface area contributed by atoms with E-state index in [9.17, 15) is 39.9 Å². The number of carbonyl (C=O) groups is 3. The van der Waals surface area contributed by atoms with Crippen molar-refractivity contribution in [2.75, 3.05) is 20.2 Å². The van der Waals surface area contributed by atoms with Gasteiger partial charge in [-0.2, -0.15) is 0 Å². The van der Waals surface area contributed by atoms with Gasteiger partial charge in [-0.1, -0.05) is 101 Å². The second-order valence-electron chi connectivity index (χ2n) is 15.2. The van der Waals surface area contributed by atoms with E-state index in [0.29, 0.717) is 12.0 Å². The van der Waals surface area contributed by atoms with Gasteiger partial charge in [0.25, 0.3) is 5.91 Å². The Kier molecular flexibility index (Phi) is 17.4. The van der Waals surface area contributed by atoms with Crippen molar-refractivity contribution in [1.82, 2.24) is 10.6 Å². The summed E-state index contributed by atoms with van der Waals surface area (Å²) >= 11 is 0. The van der Waals surface area contributed by atoms with E-state index < -0.39 is 77.4 Å². The summed E-state index contributed by atoms with van der Waals surface area (Å²) in [6.07, 6.45) is 15.0. The number of Topliss-reactive ketones (excluding diaryl/α,β-unsaturated/α-hetero) is 1. The van der Waals surface area contributed by atoms with Crippen LogP contribution in [0.1, 0.15) is 67.7 Å². The maximum Gasteiger partial charge on any atom is 0.258 e. The van der Waals surface area contributed by atoms with Crippen molar-refractivity contribution in [1.29, 1.82) is 0 Å². The molecule has 0 aromatic rings. The minimum absolute atomic E-state index is 0.102. The molecule has 0 aromatic heterocycles. The smallest absolute Gasteiger partial charge is 0.258 e. The van der Waals surface area contributed by atoms with Crippen LogP contribution in [0.5, 0.6) is 0 Å². The number of aliphatic hydroxyl groups excluding tert-OH is 4. The largest absolute Gasteiger partial charge is 0.507 e. The zero-order valence-corrected chi connectivity index (χ0v) is 33.8. The molecule has 10 unspecified atom stereocenters. The van der Waals surface area contributed by atoms with Crippen LogP contribution in [0.15, 0.2) is 95.4 Å². The zero-order chi connectivity index (χ0) is 41.8. The number of methoxy groups -OCH3 is 1. The quantitative estimate of drug-likeness (QED) is 0.0521. The van der Waals surface area contributed by atoms with Crippen molar-refractivity contribution in [3.63, 3.8) is 0 Å². The fourth-order valence-electron chi connectivity index (χ4n) is 7.21. The van der Waals surface area contributed by atoms with Gasteiger partial charge in [-0.25, -0.2) is 0 Å². The van der Waals surface area contributed by atoms with Crippen molar-refractivity contribution >= 4 is 17.6 Å². The van der Waals surface area contributed by atoms with E-state index in [1.165, 1.54) is 0 Å². The molecule has 0 radical (unpaired) electrons. The lowest BCUT2D eigenvalue weighted by Gasteiger charge is -2.50. The molecule has 3 saturated heterocycles. The van der Waals surface area contributed by atoms with Gasteiger partial charge in [-0.15, -0.1) is 0 Å². The molecule has 0 bridgehead atoms. The monoisotopic (exact) mass is 782 g/mol. The third-order valence-electron chi connectivity index (χ3n) is 10.8. The molecular formula is C43H62N2O11. The fraction of sp³-hybridized carbons (Fsp3) is 0.558. The number of piperidine rings is 1. The lowest BCUT2D eigenvalue weighted by Crippen LogP contribution is -2.60. The summed E-state index contributed by atoms with van der Waals surface area (Å²) in [4.78, 5) is 37.4. The normalized spacial score (nSPS) is 31.9. The molecule has 3 aliphatic heterocycles. The molecule has 0 aliphatic carbocycles. The van der Waals surface area contributed by atoms with E-state index in [-0.39, 0.29) is 43.2 Å². The molecule has 7 N–H and O–H groups in total. The van der Waals surface area contributed by atoms with Crippen molar-refractivity contribution < 1.29 is 54.1 Å². The van der Waals surface area contributed by atoms with Gasteiger partial charge in [0, 0.05) is 44.4 Å². The number of hydrogen-bond donors (Lipinski definition) is 7. The summed E-state index contributed by atoms with van der Waals surface area (Å²) in [5.41, 5.74) is 0.209. The van der Waals surface area contributed by atoms with Gasteiger partial charge >= 0.3 is 0 Å². The van der Waals surface area contributed by atoms with E-state index in [1.807, 2.05) is 52.8 Å². The Morgan fingerprint density at radius 1 is 1.04 bits per heavy atom. The van der Waals surface area contributed by atoms with E-state index in [0.717, 1.165) is 5.57 Å². The first kappa shape index (κ1) is 46.4. The number of allylic oxidation sites excluding steroid dienone is 10. The Morgan fingerprint density at radius 2 is 1.73 bits per heavy atom. The van der Waals surface area contributed by atoms with Crippen LogP contribution in [0.25, 0.3) is 0 Å². The van der Waals surface area contributed by atoms with Crippen LogP contribution < -0.4 is 10.6 Å². The van der Waals surface area contributed by atoms with Crippen LogP contribution in [-0.4, -0.2) is 112 Å². The standard InChI is InChI=1S/C43H62N2O11/c1-9-11-13-21-33-42(6,7)32(47)25-43(53,56-33)29(10-2)40(51)44-23-17-16-19-27(4)38(54-8)28(5)39-37(50)36(49)31(55-39)20-15-12-14-18-26(3)35(48)34-30(46)22-24-45-41(34)52/h9,11-21,28-29,31-33,36-39,47-50,53H,10,22-25H2,1-8H3,(H,44,51)(H,45,52). The first-order chi connectivity index (χ1) is 26.4. The first-order valence-corrected chi connectivity index (χ1v) is 19.2. The average Bonchev–Trinajstić information content (AvgIpc) is 3.42. The van der Waals surface area contributed by atoms with E-state index in [1.54, 1.807) is 75.6 Å². The van der Waals surface area contributed by atoms with Crippen LogP contribution in [0.3, 0.4) is 0 Å². The number of rotatable bonds is 16. The number of nitrogens with one attached hydrogen (secondary N) is 2. The van der Waals surface area contributed by atoms with Gasteiger partial charge in [0.2, 0.25) is 5.91 Å². The predicted molar refractivity (Wildman–Crippen MR) is 213 cm³/mol. The number of ether oxygens (including phenoxy) is 3. The third-order valence-corrected chi connectivity index (χ3v) is 10.8. The highest BCUT2D eigenvalue weighted by atomic mass is 16.6. The minimum Gasteiger partial charge on any atom is -0.507 e. The van der Waals surface area contributed by atoms with Crippen molar-refractivity contribution in [3.8, 4) is 0 Å². The molecule has 3 rings (SSSR count). The Balaban J connectivity index is 1.58. The summed E-state index contributed by atoms with van der Waals surface area (Å²) in [7, 11) is 1.55. The molecule has 0 saturated carbocycles. The highest BCUT2D eigenvalue weighted by molar-refractivity contribution is 6.21. The topological polar surface area (TPSA) is 204 Å². The maximum atomic E-state index is 13.3. The lowest BCUT2D eigenvalue weighted by molar-refractivity contribution is -0.314. The van der Waals surface area contributed by atoms with Crippen molar-refractivity contribution in [2.24, 2.45) is 17.3 Å². The molecule has 0 aromatic carbocycles. The highest BCUT2D eigenvalue weighted by Gasteiger charge is 2.54. The van der Waals surface area contributed by atoms with Gasteiger partial charge in [0.1, 0.15) is 29.6 Å². The number of carbonyl (C=O) groups excluding carboxylic acids is 3. The molecule has 3 aliphatic rings. The van der Waals surface area contributed by atoms with Crippen LogP contribution >= 0.6 is 0 Å². The molecular weight excluding hydrogens is 720 g/mol. The highest BCUT2D eigenvalue weighted by Crippen LogP contribution is 2.44. The van der Waals surface area contributed by atoms with Gasteiger partial charge in [0.15, 0.2) is 11.6 Å².